The summed E-state index contributed by atoms with van der Waals surface area (Å²) in [5.74, 6) is -1.91. The highest BCUT2D eigenvalue weighted by molar-refractivity contribution is 5.27. The average molecular weight is 322 g/mol. The van der Waals surface area contributed by atoms with E-state index in [4.69, 9.17) is 4.74 Å². The van der Waals surface area contributed by atoms with Gasteiger partial charge in [-0.3, -0.25) is 0 Å². The lowest BCUT2D eigenvalue weighted by Gasteiger charge is -2.52. The summed E-state index contributed by atoms with van der Waals surface area (Å²) in [6, 6.07) is 0. The number of hydrogen-bond donors (Lipinski definition) is 3. The SMILES string of the molecule is CCCC/C=C/C=C/C1(O)OC(O)C1(O)/C=C/C=C/CCCC. The lowest BCUT2D eigenvalue weighted by Crippen LogP contribution is -2.72. The van der Waals surface area contributed by atoms with Gasteiger partial charge < -0.3 is 20.1 Å². The molecule has 3 N–H and O–H groups in total. The molecule has 0 aliphatic carbocycles. The van der Waals surface area contributed by atoms with E-state index in [2.05, 4.69) is 13.8 Å². The van der Waals surface area contributed by atoms with Crippen molar-refractivity contribution in [2.24, 2.45) is 0 Å². The molecule has 1 heterocycles. The second kappa shape index (κ2) is 9.83. The molecule has 3 atom stereocenters. The normalized spacial score (nSPS) is 31.8. The molecule has 0 bridgehead atoms. The molecule has 1 aliphatic rings. The van der Waals surface area contributed by atoms with Crippen LogP contribution in [0.25, 0.3) is 0 Å². The number of ether oxygens (including phenoxy) is 1. The van der Waals surface area contributed by atoms with Crippen LogP contribution in [-0.4, -0.2) is 33.0 Å². The van der Waals surface area contributed by atoms with Crippen LogP contribution in [0.4, 0.5) is 0 Å². The lowest BCUT2D eigenvalue weighted by molar-refractivity contribution is -0.443. The highest BCUT2D eigenvalue weighted by atomic mass is 16.8. The molecular formula is C19H30O4. The monoisotopic (exact) mass is 322 g/mol. The molecule has 0 spiro atoms. The lowest BCUT2D eigenvalue weighted by atomic mass is 9.85. The first-order chi connectivity index (χ1) is 11.0. The van der Waals surface area contributed by atoms with E-state index in [-0.39, 0.29) is 0 Å². The van der Waals surface area contributed by atoms with Crippen LogP contribution in [0.1, 0.15) is 52.4 Å². The van der Waals surface area contributed by atoms with Crippen molar-refractivity contribution in [2.45, 2.75) is 70.1 Å². The van der Waals surface area contributed by atoms with Crippen molar-refractivity contribution in [3.63, 3.8) is 0 Å². The van der Waals surface area contributed by atoms with Gasteiger partial charge >= 0.3 is 0 Å². The summed E-state index contributed by atoms with van der Waals surface area (Å²) in [7, 11) is 0. The number of rotatable bonds is 10. The van der Waals surface area contributed by atoms with E-state index in [0.29, 0.717) is 0 Å². The predicted molar refractivity (Wildman–Crippen MR) is 92.6 cm³/mol. The fraction of sp³-hybridized carbons (Fsp3) is 0.579. The molecule has 1 rings (SSSR count). The molecule has 0 radical (unpaired) electrons. The van der Waals surface area contributed by atoms with Crippen LogP contribution in [0.15, 0.2) is 48.6 Å². The van der Waals surface area contributed by atoms with E-state index < -0.39 is 17.7 Å². The van der Waals surface area contributed by atoms with E-state index in [1.54, 1.807) is 24.3 Å². The van der Waals surface area contributed by atoms with Crippen molar-refractivity contribution >= 4 is 0 Å². The summed E-state index contributed by atoms with van der Waals surface area (Å²) in [5, 5.41) is 30.4. The van der Waals surface area contributed by atoms with Crippen LogP contribution in [0.5, 0.6) is 0 Å². The first kappa shape index (κ1) is 19.8. The van der Waals surface area contributed by atoms with E-state index in [1.165, 1.54) is 12.2 Å². The Morgan fingerprint density at radius 3 is 1.87 bits per heavy atom. The summed E-state index contributed by atoms with van der Waals surface area (Å²) in [5.41, 5.74) is -1.84. The Labute approximate surface area is 139 Å². The van der Waals surface area contributed by atoms with Gasteiger partial charge in [0.05, 0.1) is 0 Å². The van der Waals surface area contributed by atoms with Gasteiger partial charge in [-0.15, -0.1) is 0 Å². The molecule has 3 unspecified atom stereocenters. The largest absolute Gasteiger partial charge is 0.375 e. The van der Waals surface area contributed by atoms with Gasteiger partial charge in [-0.2, -0.15) is 0 Å². The summed E-state index contributed by atoms with van der Waals surface area (Å²) in [6.45, 7) is 4.25. The summed E-state index contributed by atoms with van der Waals surface area (Å²) in [4.78, 5) is 0. The van der Waals surface area contributed by atoms with Crippen LogP contribution in [-0.2, 0) is 4.74 Å². The molecule has 0 aromatic carbocycles. The summed E-state index contributed by atoms with van der Waals surface area (Å²) >= 11 is 0. The molecule has 0 aromatic heterocycles. The van der Waals surface area contributed by atoms with Gasteiger partial charge in [0, 0.05) is 0 Å². The van der Waals surface area contributed by atoms with Crippen LogP contribution in [0.3, 0.4) is 0 Å². The van der Waals surface area contributed by atoms with Gasteiger partial charge in [-0.25, -0.2) is 0 Å². The molecular weight excluding hydrogens is 292 g/mol. The van der Waals surface area contributed by atoms with Gasteiger partial charge in [-0.05, 0) is 25.0 Å². The van der Waals surface area contributed by atoms with Gasteiger partial charge in [0.25, 0.3) is 0 Å². The van der Waals surface area contributed by atoms with Gasteiger partial charge in [0.15, 0.2) is 11.9 Å². The molecule has 4 nitrogen and oxygen atoms in total. The average Bonchev–Trinajstić information content (AvgIpc) is 2.53. The standard InChI is InChI=1S/C19H30O4/c1-3-5-7-9-11-13-15-18(21)17(20)23-19(18,22)16-14-12-10-8-6-4-2/h9-17,20-22H,3-8H2,1-2H3/b11-9+,12-10+,15-13+,16-14+. The summed E-state index contributed by atoms with van der Waals surface area (Å²) < 4.78 is 4.93. The first-order valence-electron chi connectivity index (χ1n) is 8.49. The van der Waals surface area contributed by atoms with Crippen LogP contribution in [0, 0.1) is 0 Å². The minimum atomic E-state index is -1.91. The molecule has 1 fully saturated rings. The molecule has 1 aliphatic heterocycles. The maximum atomic E-state index is 10.4. The van der Waals surface area contributed by atoms with Crippen molar-refractivity contribution in [1.82, 2.24) is 0 Å². The van der Waals surface area contributed by atoms with Crippen LogP contribution in [0.2, 0.25) is 0 Å². The highest BCUT2D eigenvalue weighted by Gasteiger charge is 2.64. The van der Waals surface area contributed by atoms with E-state index in [0.717, 1.165) is 38.5 Å². The molecule has 0 saturated carbocycles. The second-order valence-corrected chi connectivity index (χ2v) is 5.85. The van der Waals surface area contributed by atoms with Crippen molar-refractivity contribution in [1.29, 1.82) is 0 Å². The van der Waals surface area contributed by atoms with Gasteiger partial charge in [-0.1, -0.05) is 76.0 Å². The van der Waals surface area contributed by atoms with Crippen molar-refractivity contribution in [3.8, 4) is 0 Å². The number of unbranched alkanes of at least 4 members (excludes halogenated alkanes) is 4. The molecule has 1 saturated heterocycles. The Morgan fingerprint density at radius 1 is 0.870 bits per heavy atom. The van der Waals surface area contributed by atoms with E-state index in [1.807, 2.05) is 12.2 Å². The quantitative estimate of drug-likeness (QED) is 0.426. The fourth-order valence-electron chi connectivity index (χ4n) is 2.23. The predicted octanol–water partition coefficient (Wildman–Crippen LogP) is 3.36. The zero-order valence-corrected chi connectivity index (χ0v) is 14.2. The topological polar surface area (TPSA) is 69.9 Å². The maximum absolute atomic E-state index is 10.4. The molecule has 130 valence electrons. The number of aliphatic hydroxyl groups is 3. The van der Waals surface area contributed by atoms with Crippen LogP contribution < -0.4 is 0 Å². The minimum Gasteiger partial charge on any atom is -0.375 e. The third-order valence-corrected chi connectivity index (χ3v) is 3.86. The Balaban J connectivity index is 2.60. The molecule has 0 aromatic rings. The van der Waals surface area contributed by atoms with E-state index >= 15 is 0 Å². The van der Waals surface area contributed by atoms with Crippen LogP contribution >= 0.6 is 0 Å². The Bertz CT molecular complexity index is 452. The smallest absolute Gasteiger partial charge is 0.226 e. The van der Waals surface area contributed by atoms with Gasteiger partial charge in [0.2, 0.25) is 5.79 Å². The Kier molecular flexibility index (Phi) is 8.48. The minimum absolute atomic E-state index is 0.963. The Morgan fingerprint density at radius 2 is 1.39 bits per heavy atom. The number of hydrogen-bond acceptors (Lipinski definition) is 4. The second-order valence-electron chi connectivity index (χ2n) is 5.85. The third-order valence-electron chi connectivity index (χ3n) is 3.86. The first-order valence-corrected chi connectivity index (χ1v) is 8.49. The van der Waals surface area contributed by atoms with E-state index in [9.17, 15) is 15.3 Å². The maximum Gasteiger partial charge on any atom is 0.226 e. The Hall–Kier alpha value is -1.20. The summed E-state index contributed by atoms with van der Waals surface area (Å²) in [6.07, 6.45) is 18.5. The highest BCUT2D eigenvalue weighted by Crippen LogP contribution is 2.42. The van der Waals surface area contributed by atoms with Crippen molar-refractivity contribution in [3.05, 3.63) is 48.6 Å². The van der Waals surface area contributed by atoms with Crippen molar-refractivity contribution < 1.29 is 20.1 Å². The zero-order chi connectivity index (χ0) is 17.2. The molecule has 23 heavy (non-hydrogen) atoms. The number of aliphatic hydroxyl groups excluding tert-OH is 1. The molecule has 0 amide bonds. The fourth-order valence-corrected chi connectivity index (χ4v) is 2.23. The zero-order valence-electron chi connectivity index (χ0n) is 14.2. The molecule has 4 heteroatoms. The van der Waals surface area contributed by atoms with Gasteiger partial charge in [0.1, 0.15) is 0 Å². The van der Waals surface area contributed by atoms with Crippen molar-refractivity contribution in [2.75, 3.05) is 0 Å². The third kappa shape index (κ3) is 5.43. The number of allylic oxidation sites excluding steroid dienone is 6.